The fourth-order valence-corrected chi connectivity index (χ4v) is 1.60. The summed E-state index contributed by atoms with van der Waals surface area (Å²) in [5, 5.41) is 7.38. The molecular formula is C15H24N2O4. The van der Waals surface area contributed by atoms with E-state index in [1.165, 1.54) is 0 Å². The standard InChI is InChI=1S/C15H24N2O4/c1-18-5-6-19-7-8-20-9-10-21-12-13-3-2-4-14(11-13)15(16)17/h2-4,11H,5-10,12H2,1H3,(H3,16,17). The molecule has 0 aliphatic carbocycles. The molecule has 6 nitrogen and oxygen atoms in total. The fourth-order valence-electron chi connectivity index (χ4n) is 1.60. The zero-order chi connectivity index (χ0) is 15.3. The third kappa shape index (κ3) is 8.41. The molecular weight excluding hydrogens is 272 g/mol. The summed E-state index contributed by atoms with van der Waals surface area (Å²) in [6, 6.07) is 7.46. The zero-order valence-corrected chi connectivity index (χ0v) is 12.5. The molecule has 0 aliphatic rings. The van der Waals surface area contributed by atoms with Crippen molar-refractivity contribution in [1.29, 1.82) is 5.41 Å². The average molecular weight is 296 g/mol. The van der Waals surface area contributed by atoms with Gasteiger partial charge in [-0.05, 0) is 11.6 Å². The molecule has 118 valence electrons. The van der Waals surface area contributed by atoms with Crippen LogP contribution in [-0.4, -0.2) is 52.6 Å². The molecule has 0 aliphatic heterocycles. The average Bonchev–Trinajstić information content (AvgIpc) is 2.49. The predicted octanol–water partition coefficient (Wildman–Crippen LogP) is 1.17. The first kappa shape index (κ1) is 17.6. The van der Waals surface area contributed by atoms with Crippen molar-refractivity contribution in [1.82, 2.24) is 0 Å². The van der Waals surface area contributed by atoms with E-state index in [0.717, 1.165) is 5.56 Å². The molecule has 0 amide bonds. The van der Waals surface area contributed by atoms with E-state index in [0.29, 0.717) is 51.8 Å². The summed E-state index contributed by atoms with van der Waals surface area (Å²) in [6.07, 6.45) is 0. The molecule has 0 saturated heterocycles. The lowest BCUT2D eigenvalue weighted by atomic mass is 10.1. The molecule has 0 heterocycles. The van der Waals surface area contributed by atoms with Crippen LogP contribution in [-0.2, 0) is 25.6 Å². The van der Waals surface area contributed by atoms with E-state index >= 15 is 0 Å². The topological polar surface area (TPSA) is 86.8 Å². The Morgan fingerprint density at radius 2 is 1.62 bits per heavy atom. The van der Waals surface area contributed by atoms with E-state index in [9.17, 15) is 0 Å². The van der Waals surface area contributed by atoms with Crippen LogP contribution in [0.5, 0.6) is 0 Å². The Hall–Kier alpha value is -1.47. The van der Waals surface area contributed by atoms with Crippen LogP contribution in [0.2, 0.25) is 0 Å². The van der Waals surface area contributed by atoms with Crippen LogP contribution >= 0.6 is 0 Å². The number of hydrogen-bond donors (Lipinski definition) is 2. The molecule has 21 heavy (non-hydrogen) atoms. The van der Waals surface area contributed by atoms with Crippen LogP contribution in [0.15, 0.2) is 24.3 Å². The van der Waals surface area contributed by atoms with Crippen LogP contribution in [0.25, 0.3) is 0 Å². The summed E-state index contributed by atoms with van der Waals surface area (Å²) in [5.74, 6) is 0.0636. The zero-order valence-electron chi connectivity index (χ0n) is 12.5. The molecule has 0 bridgehead atoms. The SMILES string of the molecule is COCCOCCOCCOCc1cccc(C(=N)N)c1. The van der Waals surface area contributed by atoms with Crippen LogP contribution in [0.4, 0.5) is 0 Å². The third-order valence-electron chi connectivity index (χ3n) is 2.68. The Labute approximate surface area is 125 Å². The molecule has 0 aromatic heterocycles. The van der Waals surface area contributed by atoms with Gasteiger partial charge in [-0.3, -0.25) is 5.41 Å². The predicted molar refractivity (Wildman–Crippen MR) is 80.6 cm³/mol. The number of ether oxygens (including phenoxy) is 4. The molecule has 0 unspecified atom stereocenters. The Morgan fingerprint density at radius 1 is 1.00 bits per heavy atom. The first-order chi connectivity index (χ1) is 10.2. The second kappa shape index (κ2) is 11.2. The summed E-state index contributed by atoms with van der Waals surface area (Å²) in [7, 11) is 1.64. The number of nitrogen functional groups attached to an aromatic ring is 1. The molecule has 0 saturated carbocycles. The van der Waals surface area contributed by atoms with Gasteiger partial charge in [-0.1, -0.05) is 18.2 Å². The van der Waals surface area contributed by atoms with Crippen LogP contribution in [0.1, 0.15) is 11.1 Å². The lowest BCUT2D eigenvalue weighted by molar-refractivity contribution is 0.000868. The molecule has 0 spiro atoms. The van der Waals surface area contributed by atoms with Crippen molar-refractivity contribution in [2.75, 3.05) is 46.8 Å². The van der Waals surface area contributed by atoms with Crippen molar-refractivity contribution < 1.29 is 18.9 Å². The van der Waals surface area contributed by atoms with Gasteiger partial charge in [0.05, 0.1) is 46.2 Å². The highest BCUT2D eigenvalue weighted by molar-refractivity contribution is 5.95. The van der Waals surface area contributed by atoms with E-state index < -0.39 is 0 Å². The first-order valence-electron chi connectivity index (χ1n) is 6.89. The van der Waals surface area contributed by atoms with Crippen molar-refractivity contribution in [3.63, 3.8) is 0 Å². The van der Waals surface area contributed by atoms with E-state index in [-0.39, 0.29) is 5.84 Å². The van der Waals surface area contributed by atoms with Crippen molar-refractivity contribution in [2.45, 2.75) is 6.61 Å². The van der Waals surface area contributed by atoms with Gasteiger partial charge in [0.2, 0.25) is 0 Å². The molecule has 1 aromatic carbocycles. The second-order valence-corrected chi connectivity index (χ2v) is 4.38. The maximum atomic E-state index is 7.38. The maximum Gasteiger partial charge on any atom is 0.122 e. The Bertz CT molecular complexity index is 412. The Balaban J connectivity index is 2.01. The fraction of sp³-hybridized carbons (Fsp3) is 0.533. The summed E-state index contributed by atoms with van der Waals surface area (Å²) in [6.45, 7) is 3.82. The Morgan fingerprint density at radius 3 is 2.24 bits per heavy atom. The van der Waals surface area contributed by atoms with E-state index in [1.54, 1.807) is 13.2 Å². The minimum absolute atomic E-state index is 0.0636. The minimum Gasteiger partial charge on any atom is -0.384 e. The van der Waals surface area contributed by atoms with Crippen molar-refractivity contribution in [3.8, 4) is 0 Å². The highest BCUT2D eigenvalue weighted by Gasteiger charge is 1.99. The van der Waals surface area contributed by atoms with Gasteiger partial charge in [0, 0.05) is 12.7 Å². The van der Waals surface area contributed by atoms with Gasteiger partial charge in [0.1, 0.15) is 5.84 Å². The molecule has 1 aromatic rings. The van der Waals surface area contributed by atoms with E-state index in [4.69, 9.17) is 30.1 Å². The summed E-state index contributed by atoms with van der Waals surface area (Å²) in [4.78, 5) is 0. The number of nitrogens with one attached hydrogen (secondary N) is 1. The monoisotopic (exact) mass is 296 g/mol. The lowest BCUT2D eigenvalue weighted by Gasteiger charge is -2.07. The number of hydrogen-bond acceptors (Lipinski definition) is 5. The number of nitrogens with two attached hydrogens (primary N) is 1. The molecule has 1 rings (SSSR count). The number of methoxy groups -OCH3 is 1. The summed E-state index contributed by atoms with van der Waals surface area (Å²) >= 11 is 0. The minimum atomic E-state index is 0.0636. The number of benzene rings is 1. The van der Waals surface area contributed by atoms with Gasteiger partial charge in [-0.25, -0.2) is 0 Å². The van der Waals surface area contributed by atoms with Crippen molar-refractivity contribution in [3.05, 3.63) is 35.4 Å². The quantitative estimate of drug-likeness (QED) is 0.343. The largest absolute Gasteiger partial charge is 0.384 e. The molecule has 6 heteroatoms. The first-order valence-corrected chi connectivity index (χ1v) is 6.89. The van der Waals surface area contributed by atoms with Crippen LogP contribution in [0.3, 0.4) is 0 Å². The normalized spacial score (nSPS) is 10.7. The number of amidine groups is 1. The summed E-state index contributed by atoms with van der Waals surface area (Å²) < 4.78 is 21.0. The highest BCUT2D eigenvalue weighted by atomic mass is 16.6. The highest BCUT2D eigenvalue weighted by Crippen LogP contribution is 2.05. The molecule has 0 radical (unpaired) electrons. The molecule has 0 atom stereocenters. The van der Waals surface area contributed by atoms with Gasteiger partial charge >= 0.3 is 0 Å². The smallest absolute Gasteiger partial charge is 0.122 e. The van der Waals surface area contributed by atoms with Crippen molar-refractivity contribution in [2.24, 2.45) is 5.73 Å². The van der Waals surface area contributed by atoms with Gasteiger partial charge < -0.3 is 24.7 Å². The maximum absolute atomic E-state index is 7.38. The van der Waals surface area contributed by atoms with Crippen LogP contribution < -0.4 is 5.73 Å². The van der Waals surface area contributed by atoms with Gasteiger partial charge in [-0.2, -0.15) is 0 Å². The summed E-state index contributed by atoms with van der Waals surface area (Å²) in [5.41, 5.74) is 7.14. The van der Waals surface area contributed by atoms with Crippen LogP contribution in [0, 0.1) is 5.41 Å². The lowest BCUT2D eigenvalue weighted by Crippen LogP contribution is -2.12. The molecule has 0 fully saturated rings. The van der Waals surface area contributed by atoms with Gasteiger partial charge in [0.25, 0.3) is 0 Å². The van der Waals surface area contributed by atoms with Gasteiger partial charge in [-0.15, -0.1) is 0 Å². The van der Waals surface area contributed by atoms with Crippen molar-refractivity contribution >= 4 is 5.84 Å². The second-order valence-electron chi connectivity index (χ2n) is 4.38. The number of rotatable bonds is 12. The van der Waals surface area contributed by atoms with E-state index in [1.807, 2.05) is 18.2 Å². The molecule has 3 N–H and O–H groups in total. The van der Waals surface area contributed by atoms with Gasteiger partial charge in [0.15, 0.2) is 0 Å². The Kier molecular flexibility index (Phi) is 9.39. The van der Waals surface area contributed by atoms with E-state index in [2.05, 4.69) is 0 Å². The third-order valence-corrected chi connectivity index (χ3v) is 2.68.